The lowest BCUT2D eigenvalue weighted by Crippen LogP contribution is -2.47. The van der Waals surface area contributed by atoms with E-state index in [0.717, 1.165) is 62.2 Å². The third-order valence-electron chi connectivity index (χ3n) is 5.28. The second kappa shape index (κ2) is 12.2. The summed E-state index contributed by atoms with van der Waals surface area (Å²) in [5.74, 6) is 0.903. The monoisotopic (exact) mass is 565 g/mol. The zero-order valence-corrected chi connectivity index (χ0v) is 20.8. The molecule has 1 aliphatic heterocycles. The van der Waals surface area contributed by atoms with Crippen molar-refractivity contribution in [1.82, 2.24) is 15.5 Å². The highest BCUT2D eigenvalue weighted by Crippen LogP contribution is 2.26. The number of aliphatic imine (C=N–C) groups is 1. The minimum absolute atomic E-state index is 0. The number of anilines is 1. The largest absolute Gasteiger partial charge is 0.383 e. The number of ether oxygens (including phenoxy) is 1. The number of nitrogens with zero attached hydrogens (tertiary/aromatic N) is 3. The summed E-state index contributed by atoms with van der Waals surface area (Å²) in [6.07, 6.45) is 3.77. The van der Waals surface area contributed by atoms with Crippen molar-refractivity contribution >= 4 is 51.6 Å². The third-order valence-corrected chi connectivity index (χ3v) is 5.81. The highest BCUT2D eigenvalue weighted by Gasteiger charge is 2.28. The van der Waals surface area contributed by atoms with Crippen LogP contribution in [0.1, 0.15) is 19.3 Å². The number of hydrogen-bond acceptors (Lipinski definition) is 4. The van der Waals surface area contributed by atoms with Gasteiger partial charge in [0.25, 0.3) is 0 Å². The van der Waals surface area contributed by atoms with E-state index in [1.165, 1.54) is 18.5 Å². The van der Waals surface area contributed by atoms with Crippen LogP contribution in [0.3, 0.4) is 0 Å². The molecule has 0 aromatic heterocycles. The molecule has 1 saturated carbocycles. The number of rotatable bonds is 9. The number of methoxy groups -OCH3 is 1. The van der Waals surface area contributed by atoms with Crippen LogP contribution in [0.4, 0.5) is 5.69 Å². The maximum Gasteiger partial charge on any atom is 0.191 e. The fraction of sp³-hybridized carbons (Fsp3) is 0.650. The predicted molar refractivity (Wildman–Crippen MR) is 131 cm³/mol. The lowest BCUT2D eigenvalue weighted by molar-refractivity contribution is 0.144. The topological polar surface area (TPSA) is 52.1 Å². The molecule has 1 saturated heterocycles. The first-order valence-corrected chi connectivity index (χ1v) is 10.7. The lowest BCUT2D eigenvalue weighted by Gasteiger charge is -2.23. The van der Waals surface area contributed by atoms with Crippen LogP contribution in [0, 0.1) is 0 Å². The number of guanidine groups is 1. The van der Waals surface area contributed by atoms with E-state index in [4.69, 9.17) is 4.74 Å². The van der Waals surface area contributed by atoms with Crippen LogP contribution in [0.15, 0.2) is 33.7 Å². The second-order valence-corrected chi connectivity index (χ2v) is 8.23. The summed E-state index contributed by atoms with van der Waals surface area (Å²) in [6, 6.07) is 9.73. The Kier molecular flexibility index (Phi) is 10.3. The molecule has 8 heteroatoms. The molecule has 0 amide bonds. The Morgan fingerprint density at radius 2 is 2.00 bits per heavy atom. The standard InChI is InChI=1S/C20H32BrN5O.HI/c1-22-20(23-10-12-25(13-14-27-2)18-7-8-18)24-17-9-11-26(15-17)19-5-3-16(21)4-6-19;/h3-6,17-18H,7-15H2,1-2H3,(H2,22,23,24);1H. The molecule has 158 valence electrons. The van der Waals surface area contributed by atoms with Gasteiger partial charge in [0.2, 0.25) is 0 Å². The number of hydrogen-bond donors (Lipinski definition) is 2. The van der Waals surface area contributed by atoms with Crippen LogP contribution in [-0.4, -0.2) is 76.4 Å². The Hall–Kier alpha value is -0.580. The van der Waals surface area contributed by atoms with E-state index < -0.39 is 0 Å². The van der Waals surface area contributed by atoms with Gasteiger partial charge >= 0.3 is 0 Å². The summed E-state index contributed by atoms with van der Waals surface area (Å²) in [5, 5.41) is 7.06. The van der Waals surface area contributed by atoms with E-state index in [0.29, 0.717) is 6.04 Å². The van der Waals surface area contributed by atoms with Crippen LogP contribution >= 0.6 is 39.9 Å². The molecule has 3 rings (SSSR count). The van der Waals surface area contributed by atoms with Crippen molar-refractivity contribution in [3.63, 3.8) is 0 Å². The SMILES string of the molecule is CN=C(NCCN(CCOC)C1CC1)NC1CCN(c2ccc(Br)cc2)C1.I. The quantitative estimate of drug-likeness (QED) is 0.274. The summed E-state index contributed by atoms with van der Waals surface area (Å²) < 4.78 is 6.36. The van der Waals surface area contributed by atoms with E-state index in [1.807, 2.05) is 7.05 Å². The van der Waals surface area contributed by atoms with Gasteiger partial charge in [-0.2, -0.15) is 0 Å². The molecular weight excluding hydrogens is 533 g/mol. The van der Waals surface area contributed by atoms with Gasteiger partial charge in [0.15, 0.2) is 5.96 Å². The van der Waals surface area contributed by atoms with Gasteiger partial charge in [-0.25, -0.2) is 0 Å². The third kappa shape index (κ3) is 7.35. The van der Waals surface area contributed by atoms with Gasteiger partial charge < -0.3 is 20.3 Å². The molecule has 0 bridgehead atoms. The van der Waals surface area contributed by atoms with Gasteiger partial charge in [0.1, 0.15) is 0 Å². The first-order valence-electron chi connectivity index (χ1n) is 9.90. The molecule has 2 N–H and O–H groups in total. The molecule has 6 nitrogen and oxygen atoms in total. The van der Waals surface area contributed by atoms with Gasteiger partial charge in [-0.15, -0.1) is 24.0 Å². The van der Waals surface area contributed by atoms with Gasteiger partial charge in [-0.1, -0.05) is 15.9 Å². The van der Waals surface area contributed by atoms with E-state index >= 15 is 0 Å². The molecule has 0 radical (unpaired) electrons. The summed E-state index contributed by atoms with van der Waals surface area (Å²) >= 11 is 3.50. The van der Waals surface area contributed by atoms with Crippen molar-refractivity contribution in [2.24, 2.45) is 4.99 Å². The first-order chi connectivity index (χ1) is 13.2. The Balaban J connectivity index is 0.00000280. The van der Waals surface area contributed by atoms with Crippen molar-refractivity contribution in [1.29, 1.82) is 0 Å². The van der Waals surface area contributed by atoms with Crippen molar-refractivity contribution in [2.45, 2.75) is 31.3 Å². The van der Waals surface area contributed by atoms with Crippen molar-refractivity contribution < 1.29 is 4.74 Å². The maximum atomic E-state index is 5.24. The summed E-state index contributed by atoms with van der Waals surface area (Å²) in [7, 11) is 3.62. The lowest BCUT2D eigenvalue weighted by atomic mass is 10.3. The fourth-order valence-corrected chi connectivity index (χ4v) is 3.86. The molecule has 1 aliphatic carbocycles. The Morgan fingerprint density at radius 3 is 2.64 bits per heavy atom. The van der Waals surface area contributed by atoms with Crippen molar-refractivity contribution in [3.05, 3.63) is 28.7 Å². The molecule has 1 atom stereocenters. The zero-order chi connectivity index (χ0) is 19.1. The van der Waals surface area contributed by atoms with E-state index in [1.54, 1.807) is 7.11 Å². The van der Waals surface area contributed by atoms with E-state index in [2.05, 4.69) is 65.6 Å². The summed E-state index contributed by atoms with van der Waals surface area (Å²) in [4.78, 5) is 9.36. The minimum atomic E-state index is 0. The molecule has 2 fully saturated rings. The maximum absolute atomic E-state index is 5.24. The smallest absolute Gasteiger partial charge is 0.191 e. The van der Waals surface area contributed by atoms with Crippen molar-refractivity contribution in [2.75, 3.05) is 58.4 Å². The molecule has 2 aliphatic rings. The van der Waals surface area contributed by atoms with Crippen LogP contribution in [-0.2, 0) is 4.74 Å². The predicted octanol–water partition coefficient (Wildman–Crippen LogP) is 2.92. The minimum Gasteiger partial charge on any atom is -0.383 e. The van der Waals surface area contributed by atoms with Crippen molar-refractivity contribution in [3.8, 4) is 0 Å². The Morgan fingerprint density at radius 1 is 1.25 bits per heavy atom. The first kappa shape index (κ1) is 23.7. The van der Waals surface area contributed by atoms with E-state index in [-0.39, 0.29) is 24.0 Å². The average Bonchev–Trinajstić information content (AvgIpc) is 3.42. The molecular formula is C20H33BrIN5O. The average molecular weight is 566 g/mol. The van der Waals surface area contributed by atoms with Crippen LogP contribution in [0.2, 0.25) is 0 Å². The van der Waals surface area contributed by atoms with E-state index in [9.17, 15) is 0 Å². The number of halogens is 2. The molecule has 0 spiro atoms. The molecule has 1 aromatic carbocycles. The number of nitrogens with one attached hydrogen (secondary N) is 2. The molecule has 1 aromatic rings. The van der Waals surface area contributed by atoms with Gasteiger partial charge in [-0.05, 0) is 43.5 Å². The van der Waals surface area contributed by atoms with Gasteiger partial charge in [0, 0.05) is 69.1 Å². The van der Waals surface area contributed by atoms with Crippen LogP contribution in [0.25, 0.3) is 0 Å². The van der Waals surface area contributed by atoms with Crippen LogP contribution in [0.5, 0.6) is 0 Å². The molecule has 28 heavy (non-hydrogen) atoms. The fourth-order valence-electron chi connectivity index (χ4n) is 3.60. The molecule has 1 unspecified atom stereocenters. The zero-order valence-electron chi connectivity index (χ0n) is 16.9. The summed E-state index contributed by atoms with van der Waals surface area (Å²) in [6.45, 7) is 5.83. The van der Waals surface area contributed by atoms with Gasteiger partial charge in [0.05, 0.1) is 6.61 Å². The highest BCUT2D eigenvalue weighted by molar-refractivity contribution is 14.0. The normalized spacial score (nSPS) is 19.6. The second-order valence-electron chi connectivity index (χ2n) is 7.31. The number of benzene rings is 1. The highest BCUT2D eigenvalue weighted by atomic mass is 127. The molecule has 1 heterocycles. The summed E-state index contributed by atoms with van der Waals surface area (Å²) in [5.41, 5.74) is 1.28. The Bertz CT molecular complexity index is 611. The van der Waals surface area contributed by atoms with Gasteiger partial charge in [-0.3, -0.25) is 9.89 Å². The Labute approximate surface area is 194 Å². The van der Waals surface area contributed by atoms with Crippen LogP contribution < -0.4 is 15.5 Å².